The summed E-state index contributed by atoms with van der Waals surface area (Å²) >= 11 is 0. The third kappa shape index (κ3) is 3.46. The molecule has 0 fully saturated rings. The van der Waals surface area contributed by atoms with E-state index in [2.05, 4.69) is 6.58 Å². The van der Waals surface area contributed by atoms with Gasteiger partial charge in [-0.1, -0.05) is 6.58 Å². The Balaban J connectivity index is 1.46. The highest BCUT2D eigenvalue weighted by Gasteiger charge is 2.45. The summed E-state index contributed by atoms with van der Waals surface area (Å²) in [6, 6.07) is 7.04. The lowest BCUT2D eigenvalue weighted by molar-refractivity contribution is -0.140. The van der Waals surface area contributed by atoms with Gasteiger partial charge in [-0.3, -0.25) is 9.59 Å². The van der Waals surface area contributed by atoms with E-state index in [0.29, 0.717) is 51.9 Å². The molecule has 8 nitrogen and oxygen atoms in total. The Kier molecular flexibility index (Phi) is 5.15. The van der Waals surface area contributed by atoms with Crippen LogP contribution in [0, 0.1) is 0 Å². The van der Waals surface area contributed by atoms with E-state index in [1.807, 2.05) is 0 Å². The zero-order valence-corrected chi connectivity index (χ0v) is 18.6. The Hall–Kier alpha value is -3.68. The van der Waals surface area contributed by atoms with Crippen molar-refractivity contribution in [2.45, 2.75) is 31.5 Å². The van der Waals surface area contributed by atoms with Crippen LogP contribution in [0.4, 0.5) is 0 Å². The van der Waals surface area contributed by atoms with Crippen LogP contribution in [0.5, 0.6) is 28.7 Å². The summed E-state index contributed by atoms with van der Waals surface area (Å²) in [5.41, 5.74) is 2.67. The zero-order chi connectivity index (χ0) is 23.3. The molecule has 2 aromatic carbocycles. The quantitative estimate of drug-likeness (QED) is 0.505. The van der Waals surface area contributed by atoms with Crippen LogP contribution in [0.25, 0.3) is 0 Å². The number of ketones is 1. The predicted octanol–water partition coefficient (Wildman–Crippen LogP) is 3.25. The fraction of sp³-hybridized carbons (Fsp3) is 0.360. The smallest absolute Gasteiger partial charge is 0.302 e. The second kappa shape index (κ2) is 8.03. The first-order valence-corrected chi connectivity index (χ1v) is 10.6. The minimum Gasteiger partial charge on any atom is -0.493 e. The van der Waals surface area contributed by atoms with Crippen molar-refractivity contribution in [3.05, 3.63) is 53.1 Å². The van der Waals surface area contributed by atoms with Gasteiger partial charge in [0.05, 0.1) is 25.7 Å². The summed E-state index contributed by atoms with van der Waals surface area (Å²) in [4.78, 5) is 24.8. The molecule has 0 spiro atoms. The monoisotopic (exact) mass is 452 g/mol. The Morgan fingerprint density at radius 2 is 1.88 bits per heavy atom. The van der Waals surface area contributed by atoms with Gasteiger partial charge in [0.2, 0.25) is 0 Å². The highest BCUT2D eigenvalue weighted by atomic mass is 16.5. The molecule has 0 bridgehead atoms. The number of hydrogen-bond donors (Lipinski definition) is 0. The van der Waals surface area contributed by atoms with E-state index < -0.39 is 12.0 Å². The van der Waals surface area contributed by atoms with E-state index in [0.717, 1.165) is 5.56 Å². The molecule has 0 N–H and O–H groups in total. The number of ether oxygens (including phenoxy) is 6. The van der Waals surface area contributed by atoms with Crippen LogP contribution < -0.4 is 23.7 Å². The summed E-state index contributed by atoms with van der Waals surface area (Å²) in [7, 11) is 3.10. The van der Waals surface area contributed by atoms with Crippen LogP contribution >= 0.6 is 0 Å². The molecule has 33 heavy (non-hydrogen) atoms. The van der Waals surface area contributed by atoms with E-state index in [9.17, 15) is 9.59 Å². The summed E-state index contributed by atoms with van der Waals surface area (Å²) in [6.07, 6.45) is -0.362. The minimum absolute atomic E-state index is 0.0389. The van der Waals surface area contributed by atoms with E-state index in [-0.39, 0.29) is 31.1 Å². The maximum Gasteiger partial charge on any atom is 0.302 e. The summed E-state index contributed by atoms with van der Waals surface area (Å²) in [5, 5.41) is 0. The molecule has 3 aliphatic heterocycles. The van der Waals surface area contributed by atoms with Crippen molar-refractivity contribution in [2.75, 3.05) is 27.4 Å². The second-order valence-electron chi connectivity index (χ2n) is 8.22. The number of fused-ring (bicyclic) bond motifs is 6. The molecule has 0 saturated carbocycles. The molecule has 0 amide bonds. The summed E-state index contributed by atoms with van der Waals surface area (Å²) in [5.74, 6) is 1.87. The number of carbonyl (C=O) groups is 2. The number of esters is 1. The third-order valence-electron chi connectivity index (χ3n) is 6.24. The van der Waals surface area contributed by atoms with E-state index >= 15 is 0 Å². The van der Waals surface area contributed by atoms with Crippen LogP contribution in [-0.4, -0.2) is 51.4 Å². The number of methoxy groups -OCH3 is 2. The van der Waals surface area contributed by atoms with Gasteiger partial charge in [-0.25, -0.2) is 0 Å². The van der Waals surface area contributed by atoms with Crippen LogP contribution in [0.1, 0.15) is 34.3 Å². The first-order chi connectivity index (χ1) is 15.9. The first-order valence-electron chi connectivity index (χ1n) is 10.6. The Bertz CT molecular complexity index is 1170. The number of rotatable bonds is 5. The molecule has 0 aliphatic carbocycles. The van der Waals surface area contributed by atoms with Gasteiger partial charge >= 0.3 is 5.97 Å². The molecule has 172 valence electrons. The Labute approximate surface area is 191 Å². The molecule has 2 aromatic rings. The van der Waals surface area contributed by atoms with Crippen molar-refractivity contribution < 1.29 is 38.0 Å². The van der Waals surface area contributed by atoms with E-state index in [1.54, 1.807) is 38.5 Å². The number of carbonyl (C=O) groups excluding carboxylic acids is 2. The molecule has 3 atom stereocenters. The normalized spacial score (nSPS) is 21.8. The molecule has 0 aromatic heterocycles. The topological polar surface area (TPSA) is 89.5 Å². The lowest BCUT2D eigenvalue weighted by Crippen LogP contribution is -2.43. The molecule has 0 saturated heterocycles. The van der Waals surface area contributed by atoms with Crippen LogP contribution in [0.2, 0.25) is 0 Å². The molecule has 3 heterocycles. The largest absolute Gasteiger partial charge is 0.493 e. The van der Waals surface area contributed by atoms with Crippen molar-refractivity contribution in [1.29, 1.82) is 0 Å². The third-order valence-corrected chi connectivity index (χ3v) is 6.24. The minimum atomic E-state index is -0.517. The van der Waals surface area contributed by atoms with E-state index in [1.165, 1.54) is 6.92 Å². The fourth-order valence-electron chi connectivity index (χ4n) is 4.58. The van der Waals surface area contributed by atoms with Gasteiger partial charge in [-0.2, -0.15) is 0 Å². The highest BCUT2D eigenvalue weighted by Crippen LogP contribution is 2.49. The second-order valence-corrected chi connectivity index (χ2v) is 8.22. The highest BCUT2D eigenvalue weighted by molar-refractivity contribution is 6.06. The standard InChI is InChI=1S/C25H24O8/c1-12(10-30-13(2)26)18-8-16-17(32-18)6-5-14-24(27)23-15-7-20(28-3)21(29-4)9-19(15)31-11-22(23)33-25(14)16/h5-7,9,18,22-23H,1,8,10-11H2,2-4H3. The van der Waals surface area contributed by atoms with Gasteiger partial charge in [0.1, 0.15) is 42.7 Å². The van der Waals surface area contributed by atoms with Crippen LogP contribution in [0.15, 0.2) is 36.4 Å². The van der Waals surface area contributed by atoms with Crippen molar-refractivity contribution in [1.82, 2.24) is 0 Å². The van der Waals surface area contributed by atoms with Crippen molar-refractivity contribution in [3.8, 4) is 28.7 Å². The predicted molar refractivity (Wildman–Crippen MR) is 117 cm³/mol. The lowest BCUT2D eigenvalue weighted by atomic mass is 9.81. The fourth-order valence-corrected chi connectivity index (χ4v) is 4.58. The van der Waals surface area contributed by atoms with E-state index in [4.69, 9.17) is 28.4 Å². The molecule has 0 radical (unpaired) electrons. The van der Waals surface area contributed by atoms with Crippen molar-refractivity contribution >= 4 is 11.8 Å². The average molecular weight is 452 g/mol. The van der Waals surface area contributed by atoms with Crippen molar-refractivity contribution in [2.24, 2.45) is 0 Å². The lowest BCUT2D eigenvalue weighted by Gasteiger charge is -2.37. The maximum atomic E-state index is 13.6. The molecule has 8 heteroatoms. The summed E-state index contributed by atoms with van der Waals surface area (Å²) in [6.45, 7) is 5.64. The Morgan fingerprint density at radius 1 is 1.12 bits per heavy atom. The molecule has 3 unspecified atom stereocenters. The zero-order valence-electron chi connectivity index (χ0n) is 18.6. The van der Waals surface area contributed by atoms with Gasteiger partial charge in [0, 0.05) is 36.1 Å². The van der Waals surface area contributed by atoms with Gasteiger partial charge in [0.15, 0.2) is 17.3 Å². The van der Waals surface area contributed by atoms with Gasteiger partial charge in [-0.15, -0.1) is 0 Å². The molecule has 5 rings (SSSR count). The van der Waals surface area contributed by atoms with Crippen LogP contribution in [0.3, 0.4) is 0 Å². The van der Waals surface area contributed by atoms with Gasteiger partial charge < -0.3 is 28.4 Å². The number of hydrogen-bond acceptors (Lipinski definition) is 8. The molecular weight excluding hydrogens is 428 g/mol. The average Bonchev–Trinajstić information content (AvgIpc) is 3.26. The molecule has 3 aliphatic rings. The van der Waals surface area contributed by atoms with Crippen molar-refractivity contribution in [3.63, 3.8) is 0 Å². The molecular formula is C25H24O8. The maximum absolute atomic E-state index is 13.6. The number of Topliss-reactive ketones (excluding diaryl/α,β-unsaturated/α-hetero) is 1. The van der Waals surface area contributed by atoms with Gasteiger partial charge in [0.25, 0.3) is 0 Å². The summed E-state index contributed by atoms with van der Waals surface area (Å²) < 4.78 is 34.1. The van der Waals surface area contributed by atoms with Gasteiger partial charge in [-0.05, 0) is 18.2 Å². The van der Waals surface area contributed by atoms with Crippen LogP contribution in [-0.2, 0) is 16.0 Å². The number of benzene rings is 2. The first kappa shape index (κ1) is 21.2. The Morgan fingerprint density at radius 3 is 2.61 bits per heavy atom. The SMILES string of the molecule is C=C(COC(C)=O)C1Cc2c(ccc3c2OC2COc4cc(OC)c(OC)cc4C2C3=O)O1.